The van der Waals surface area contributed by atoms with Gasteiger partial charge in [-0.3, -0.25) is 9.59 Å². The molecule has 0 aliphatic heterocycles. The minimum atomic E-state index is -0.0885. The van der Waals surface area contributed by atoms with E-state index >= 15 is 0 Å². The van der Waals surface area contributed by atoms with Crippen LogP contribution in [0.15, 0.2) is 0 Å². The van der Waals surface area contributed by atoms with Gasteiger partial charge in [-0.05, 0) is 56.3 Å². The van der Waals surface area contributed by atoms with Crippen molar-refractivity contribution in [3.8, 4) is 0 Å². The lowest BCUT2D eigenvalue weighted by Crippen LogP contribution is -2.54. The first-order valence-electron chi connectivity index (χ1n) is 8.65. The molecule has 22 heavy (non-hydrogen) atoms. The number of carbonyl (C=O) groups excluding carboxylic acids is 2. The van der Waals surface area contributed by atoms with E-state index in [-0.39, 0.29) is 17.2 Å². The maximum Gasteiger partial charge on any atom is 0.226 e. The van der Waals surface area contributed by atoms with Crippen LogP contribution in [0, 0.1) is 23.2 Å². The van der Waals surface area contributed by atoms with Gasteiger partial charge in [0.15, 0.2) is 0 Å². The number of carbonyl (C=O) groups is 2. The lowest BCUT2D eigenvalue weighted by molar-refractivity contribution is -0.146. The van der Waals surface area contributed by atoms with Gasteiger partial charge in [0, 0.05) is 32.0 Å². The van der Waals surface area contributed by atoms with Gasteiger partial charge >= 0.3 is 0 Å². The number of rotatable bonds is 7. The molecule has 4 rings (SSSR count). The van der Waals surface area contributed by atoms with Crippen molar-refractivity contribution < 1.29 is 14.3 Å². The Kier molecular flexibility index (Phi) is 4.71. The first kappa shape index (κ1) is 15.8. The zero-order chi connectivity index (χ0) is 15.6. The smallest absolute Gasteiger partial charge is 0.226 e. The number of methoxy groups -OCH3 is 1. The van der Waals surface area contributed by atoms with Crippen molar-refractivity contribution in [3.63, 3.8) is 0 Å². The van der Waals surface area contributed by atoms with Crippen molar-refractivity contribution >= 4 is 11.8 Å². The van der Waals surface area contributed by atoms with E-state index in [1.165, 1.54) is 19.3 Å². The summed E-state index contributed by atoms with van der Waals surface area (Å²) < 4.78 is 4.86. The quantitative estimate of drug-likeness (QED) is 0.700. The molecule has 4 saturated carbocycles. The molecule has 0 spiro atoms. The van der Waals surface area contributed by atoms with E-state index in [9.17, 15) is 9.59 Å². The van der Waals surface area contributed by atoms with Gasteiger partial charge in [-0.15, -0.1) is 0 Å². The fraction of sp³-hybridized carbons (Fsp3) is 0.882. The molecule has 0 unspecified atom stereocenters. The Hall–Kier alpha value is -1.10. The largest absolute Gasteiger partial charge is 0.384 e. The second-order valence-corrected chi connectivity index (χ2v) is 7.55. The van der Waals surface area contributed by atoms with Crippen LogP contribution < -0.4 is 10.6 Å². The summed E-state index contributed by atoms with van der Waals surface area (Å²) in [4.78, 5) is 24.1. The zero-order valence-corrected chi connectivity index (χ0v) is 13.5. The minimum Gasteiger partial charge on any atom is -0.384 e. The summed E-state index contributed by atoms with van der Waals surface area (Å²) in [7, 11) is 1.58. The summed E-state index contributed by atoms with van der Waals surface area (Å²) in [5, 5.41) is 5.88. The van der Waals surface area contributed by atoms with E-state index in [2.05, 4.69) is 10.6 Å². The molecule has 5 nitrogen and oxygen atoms in total. The molecular formula is C17H28N2O3. The summed E-state index contributed by atoms with van der Waals surface area (Å²) in [5.74, 6) is 2.56. The molecule has 0 radical (unpaired) electrons. The molecule has 0 aromatic rings. The first-order chi connectivity index (χ1) is 10.6. The molecular weight excluding hydrogens is 280 g/mol. The van der Waals surface area contributed by atoms with E-state index < -0.39 is 0 Å². The lowest BCUT2D eigenvalue weighted by Gasteiger charge is -2.55. The van der Waals surface area contributed by atoms with E-state index in [1.54, 1.807) is 7.11 Å². The average Bonchev–Trinajstić information content (AvgIpc) is 2.48. The van der Waals surface area contributed by atoms with Gasteiger partial charge in [0.25, 0.3) is 0 Å². The molecule has 0 atom stereocenters. The summed E-state index contributed by atoms with van der Waals surface area (Å²) >= 11 is 0. The van der Waals surface area contributed by atoms with Gasteiger partial charge in [-0.2, -0.15) is 0 Å². The fourth-order valence-corrected chi connectivity index (χ4v) is 5.24. The summed E-state index contributed by atoms with van der Waals surface area (Å²) in [6.07, 6.45) is 7.69. The Morgan fingerprint density at radius 1 is 1.00 bits per heavy atom. The van der Waals surface area contributed by atoms with Crippen molar-refractivity contribution in [2.24, 2.45) is 23.2 Å². The maximum atomic E-state index is 12.7. The molecule has 124 valence electrons. The summed E-state index contributed by atoms with van der Waals surface area (Å²) in [6, 6.07) is 0. The van der Waals surface area contributed by atoms with Crippen LogP contribution in [-0.4, -0.2) is 38.6 Å². The number of ether oxygens (including phenoxy) is 1. The highest BCUT2D eigenvalue weighted by atomic mass is 16.5. The van der Waals surface area contributed by atoms with Crippen molar-refractivity contribution in [3.05, 3.63) is 0 Å². The van der Waals surface area contributed by atoms with Crippen LogP contribution in [0.4, 0.5) is 0 Å². The predicted molar refractivity (Wildman–Crippen MR) is 83.1 cm³/mol. The van der Waals surface area contributed by atoms with Crippen LogP contribution in [0.3, 0.4) is 0 Å². The standard InChI is InChI=1S/C17H28N2O3/c1-22-5-2-15(20)18-3-4-19-16(21)17-9-12-6-13(10-17)8-14(7-12)11-17/h12-14H,2-11H2,1H3,(H,18,20)(H,19,21). The van der Waals surface area contributed by atoms with Crippen molar-refractivity contribution in [1.29, 1.82) is 0 Å². The molecule has 0 saturated heterocycles. The molecule has 5 heteroatoms. The third kappa shape index (κ3) is 3.29. The average molecular weight is 308 g/mol. The number of hydrogen-bond donors (Lipinski definition) is 2. The SMILES string of the molecule is COCCC(=O)NCCNC(=O)C12CC3CC(CC(C3)C1)C2. The minimum absolute atomic E-state index is 0.0223. The van der Waals surface area contributed by atoms with Crippen LogP contribution in [0.2, 0.25) is 0 Å². The zero-order valence-electron chi connectivity index (χ0n) is 13.5. The van der Waals surface area contributed by atoms with Crippen LogP contribution >= 0.6 is 0 Å². The number of hydrogen-bond acceptors (Lipinski definition) is 3. The van der Waals surface area contributed by atoms with Crippen LogP contribution in [0.5, 0.6) is 0 Å². The van der Waals surface area contributed by atoms with Gasteiger partial charge in [0.05, 0.1) is 6.61 Å². The Labute approximate surface area is 132 Å². The molecule has 4 aliphatic rings. The molecule has 4 aliphatic carbocycles. The van der Waals surface area contributed by atoms with E-state index in [0.29, 0.717) is 26.1 Å². The van der Waals surface area contributed by atoms with Gasteiger partial charge in [-0.25, -0.2) is 0 Å². The topological polar surface area (TPSA) is 67.4 Å². The molecule has 4 bridgehead atoms. The van der Waals surface area contributed by atoms with Gasteiger partial charge in [0.1, 0.15) is 0 Å². The highest BCUT2D eigenvalue weighted by molar-refractivity contribution is 5.83. The summed E-state index contributed by atoms with van der Waals surface area (Å²) in [5.41, 5.74) is -0.0885. The van der Waals surface area contributed by atoms with Crippen LogP contribution in [0.25, 0.3) is 0 Å². The van der Waals surface area contributed by atoms with Gasteiger partial charge in [0.2, 0.25) is 11.8 Å². The van der Waals surface area contributed by atoms with Gasteiger partial charge in [-0.1, -0.05) is 0 Å². The van der Waals surface area contributed by atoms with Crippen molar-refractivity contribution in [2.45, 2.75) is 44.9 Å². The molecule has 0 aromatic heterocycles. The van der Waals surface area contributed by atoms with E-state index in [4.69, 9.17) is 4.74 Å². The number of nitrogens with one attached hydrogen (secondary N) is 2. The predicted octanol–water partition coefficient (Wildman–Crippen LogP) is 1.47. The second-order valence-electron chi connectivity index (χ2n) is 7.55. The molecule has 2 amide bonds. The Morgan fingerprint density at radius 3 is 2.09 bits per heavy atom. The van der Waals surface area contributed by atoms with Crippen molar-refractivity contribution in [2.75, 3.05) is 26.8 Å². The molecule has 2 N–H and O–H groups in total. The first-order valence-corrected chi connectivity index (χ1v) is 8.65. The highest BCUT2D eigenvalue weighted by Crippen LogP contribution is 2.60. The molecule has 0 heterocycles. The Bertz CT molecular complexity index is 400. The molecule has 4 fully saturated rings. The van der Waals surface area contributed by atoms with Crippen molar-refractivity contribution in [1.82, 2.24) is 10.6 Å². The third-order valence-electron chi connectivity index (χ3n) is 5.79. The van der Waals surface area contributed by atoms with E-state index in [1.807, 2.05) is 0 Å². The number of amides is 2. The normalized spacial score (nSPS) is 35.4. The van der Waals surface area contributed by atoms with Crippen LogP contribution in [0.1, 0.15) is 44.9 Å². The van der Waals surface area contributed by atoms with Crippen LogP contribution in [-0.2, 0) is 14.3 Å². The monoisotopic (exact) mass is 308 g/mol. The van der Waals surface area contributed by atoms with E-state index in [0.717, 1.165) is 37.0 Å². The fourth-order valence-electron chi connectivity index (χ4n) is 5.24. The second kappa shape index (κ2) is 6.57. The highest BCUT2D eigenvalue weighted by Gasteiger charge is 2.54. The third-order valence-corrected chi connectivity index (χ3v) is 5.79. The maximum absolute atomic E-state index is 12.7. The summed E-state index contributed by atoms with van der Waals surface area (Å²) in [6.45, 7) is 1.46. The molecule has 0 aromatic carbocycles. The van der Waals surface area contributed by atoms with Gasteiger partial charge < -0.3 is 15.4 Å². The lowest BCUT2D eigenvalue weighted by atomic mass is 9.49. The Morgan fingerprint density at radius 2 is 1.55 bits per heavy atom. The Balaban J connectivity index is 1.42.